The molecule has 0 unspecified atom stereocenters. The largest absolute Gasteiger partial charge is 0.417 e. The highest BCUT2D eigenvalue weighted by molar-refractivity contribution is 5.49. The van der Waals surface area contributed by atoms with Crippen molar-refractivity contribution in [1.29, 1.82) is 5.26 Å². The van der Waals surface area contributed by atoms with Gasteiger partial charge in [-0.1, -0.05) is 12.5 Å². The minimum atomic E-state index is -4.43. The Labute approximate surface area is 97.9 Å². The third kappa shape index (κ3) is 2.28. The summed E-state index contributed by atoms with van der Waals surface area (Å²) in [6, 6.07) is 4.63. The summed E-state index contributed by atoms with van der Waals surface area (Å²) >= 11 is 0. The van der Waals surface area contributed by atoms with E-state index in [4.69, 9.17) is 5.26 Å². The highest BCUT2D eigenvalue weighted by Gasteiger charge is 2.37. The van der Waals surface area contributed by atoms with Gasteiger partial charge in [0.2, 0.25) is 0 Å². The summed E-state index contributed by atoms with van der Waals surface area (Å²) in [4.78, 5) is 0. The molecular formula is C13H12F3N. The molecule has 1 aliphatic carbocycles. The molecule has 1 aliphatic rings. The molecule has 1 nitrogen and oxygen atoms in total. The number of alkyl halides is 3. The average molecular weight is 239 g/mol. The molecule has 1 aromatic rings. The first-order valence-corrected chi connectivity index (χ1v) is 5.66. The molecule has 1 aromatic carbocycles. The summed E-state index contributed by atoms with van der Waals surface area (Å²) in [7, 11) is 0. The van der Waals surface area contributed by atoms with Crippen LogP contribution in [0.15, 0.2) is 12.1 Å². The zero-order chi connectivity index (χ0) is 12.5. The number of nitriles is 1. The number of hydrogen-bond donors (Lipinski definition) is 0. The van der Waals surface area contributed by atoms with Gasteiger partial charge in [0.1, 0.15) is 0 Å². The minimum absolute atomic E-state index is 0.252. The van der Waals surface area contributed by atoms with Crippen molar-refractivity contribution < 1.29 is 13.2 Å². The van der Waals surface area contributed by atoms with Crippen LogP contribution in [-0.4, -0.2) is 0 Å². The summed E-state index contributed by atoms with van der Waals surface area (Å²) in [5, 5.41) is 8.80. The first-order valence-electron chi connectivity index (χ1n) is 5.66. The molecule has 0 spiro atoms. The third-order valence-electron chi connectivity index (χ3n) is 3.19. The molecule has 0 fully saturated rings. The van der Waals surface area contributed by atoms with Gasteiger partial charge in [0, 0.05) is 0 Å². The molecule has 0 saturated carbocycles. The quantitative estimate of drug-likeness (QED) is 0.631. The minimum Gasteiger partial charge on any atom is -0.192 e. The van der Waals surface area contributed by atoms with Gasteiger partial charge < -0.3 is 0 Å². The summed E-state index contributed by atoms with van der Waals surface area (Å²) in [6.45, 7) is 0. The van der Waals surface area contributed by atoms with Crippen molar-refractivity contribution in [3.8, 4) is 6.07 Å². The SMILES string of the molecule is N#Cc1ccc2c(c1C(F)(F)F)CCCCC2. The molecule has 0 N–H and O–H groups in total. The summed E-state index contributed by atoms with van der Waals surface area (Å²) < 4.78 is 39.0. The molecule has 0 saturated heterocycles. The van der Waals surface area contributed by atoms with Gasteiger partial charge in [0.05, 0.1) is 17.2 Å². The predicted octanol–water partition coefficient (Wildman–Crippen LogP) is 3.85. The van der Waals surface area contributed by atoms with Crippen LogP contribution >= 0.6 is 0 Å². The number of hydrogen-bond acceptors (Lipinski definition) is 1. The smallest absolute Gasteiger partial charge is 0.192 e. The van der Waals surface area contributed by atoms with Gasteiger partial charge >= 0.3 is 6.18 Å². The van der Waals surface area contributed by atoms with Gasteiger partial charge in [-0.2, -0.15) is 18.4 Å². The van der Waals surface area contributed by atoms with Gasteiger partial charge in [-0.25, -0.2) is 0 Å². The van der Waals surface area contributed by atoms with Crippen LogP contribution in [0.25, 0.3) is 0 Å². The molecule has 90 valence electrons. The van der Waals surface area contributed by atoms with Crippen LogP contribution in [-0.2, 0) is 19.0 Å². The summed E-state index contributed by atoms with van der Waals surface area (Å²) in [6.07, 6.45) is -0.667. The Balaban J connectivity index is 2.64. The molecule has 0 atom stereocenters. The van der Waals surface area contributed by atoms with E-state index in [1.54, 1.807) is 12.1 Å². The van der Waals surface area contributed by atoms with Crippen LogP contribution < -0.4 is 0 Å². The highest BCUT2D eigenvalue weighted by Crippen LogP contribution is 2.38. The maximum absolute atomic E-state index is 13.0. The van der Waals surface area contributed by atoms with E-state index in [0.29, 0.717) is 18.4 Å². The molecule has 2 rings (SSSR count). The second-order valence-corrected chi connectivity index (χ2v) is 4.30. The van der Waals surface area contributed by atoms with Crippen LogP contribution in [0.1, 0.15) is 41.5 Å². The van der Waals surface area contributed by atoms with Crippen molar-refractivity contribution in [2.45, 2.75) is 38.3 Å². The zero-order valence-electron chi connectivity index (χ0n) is 9.27. The van der Waals surface area contributed by atoms with Crippen LogP contribution in [0.2, 0.25) is 0 Å². The lowest BCUT2D eigenvalue weighted by atomic mass is 9.93. The Hall–Kier alpha value is -1.50. The van der Waals surface area contributed by atoms with Gasteiger partial charge in [-0.3, -0.25) is 0 Å². The van der Waals surface area contributed by atoms with Crippen LogP contribution in [0.4, 0.5) is 13.2 Å². The second kappa shape index (κ2) is 4.40. The van der Waals surface area contributed by atoms with Crippen molar-refractivity contribution in [2.75, 3.05) is 0 Å². The molecule has 0 radical (unpaired) electrons. The normalized spacial score (nSPS) is 15.9. The lowest BCUT2D eigenvalue weighted by Crippen LogP contribution is -2.13. The van der Waals surface area contributed by atoms with Crippen LogP contribution in [0.3, 0.4) is 0 Å². The van der Waals surface area contributed by atoms with Crippen molar-refractivity contribution in [2.24, 2.45) is 0 Å². The average Bonchev–Trinajstić information content (AvgIpc) is 2.50. The topological polar surface area (TPSA) is 23.8 Å². The number of benzene rings is 1. The third-order valence-corrected chi connectivity index (χ3v) is 3.19. The maximum atomic E-state index is 13.0. The summed E-state index contributed by atoms with van der Waals surface area (Å²) in [5.74, 6) is 0. The fourth-order valence-corrected chi connectivity index (χ4v) is 2.42. The molecular weight excluding hydrogens is 227 g/mol. The maximum Gasteiger partial charge on any atom is 0.417 e. The van der Waals surface area contributed by atoms with Crippen molar-refractivity contribution in [3.63, 3.8) is 0 Å². The Morgan fingerprint density at radius 3 is 2.41 bits per heavy atom. The summed E-state index contributed by atoms with van der Waals surface area (Å²) in [5.41, 5.74) is 0.139. The van der Waals surface area contributed by atoms with Crippen LogP contribution in [0.5, 0.6) is 0 Å². The van der Waals surface area contributed by atoms with E-state index in [9.17, 15) is 13.2 Å². The van der Waals surface area contributed by atoms with E-state index in [0.717, 1.165) is 24.8 Å². The number of rotatable bonds is 0. The molecule has 17 heavy (non-hydrogen) atoms. The monoisotopic (exact) mass is 239 g/mol. The number of aryl methyl sites for hydroxylation is 1. The van der Waals surface area contributed by atoms with Gasteiger partial charge in [-0.05, 0) is 42.9 Å². The van der Waals surface area contributed by atoms with E-state index in [2.05, 4.69) is 0 Å². The van der Waals surface area contributed by atoms with Crippen molar-refractivity contribution in [3.05, 3.63) is 34.4 Å². The fourth-order valence-electron chi connectivity index (χ4n) is 2.42. The first-order chi connectivity index (χ1) is 8.04. The molecule has 0 aromatic heterocycles. The molecule has 0 amide bonds. The molecule has 0 heterocycles. The number of nitrogens with zero attached hydrogens (tertiary/aromatic N) is 1. The predicted molar refractivity (Wildman–Crippen MR) is 57.4 cm³/mol. The van der Waals surface area contributed by atoms with E-state index in [-0.39, 0.29) is 5.56 Å². The van der Waals surface area contributed by atoms with Gasteiger partial charge in [0.25, 0.3) is 0 Å². The Morgan fingerprint density at radius 1 is 1.06 bits per heavy atom. The lowest BCUT2D eigenvalue weighted by molar-refractivity contribution is -0.138. The fraction of sp³-hybridized carbons (Fsp3) is 0.462. The van der Waals surface area contributed by atoms with Gasteiger partial charge in [-0.15, -0.1) is 0 Å². The lowest BCUT2D eigenvalue weighted by Gasteiger charge is -2.16. The molecule has 0 aliphatic heterocycles. The van der Waals surface area contributed by atoms with E-state index in [1.165, 1.54) is 6.07 Å². The highest BCUT2D eigenvalue weighted by atomic mass is 19.4. The Morgan fingerprint density at radius 2 is 1.76 bits per heavy atom. The van der Waals surface area contributed by atoms with E-state index >= 15 is 0 Å². The van der Waals surface area contributed by atoms with Crippen LogP contribution in [0, 0.1) is 11.3 Å². The van der Waals surface area contributed by atoms with Crippen molar-refractivity contribution >= 4 is 0 Å². The Kier molecular flexibility index (Phi) is 3.10. The Bertz CT molecular complexity index is 469. The molecule has 4 heteroatoms. The van der Waals surface area contributed by atoms with E-state index in [1.807, 2.05) is 0 Å². The number of halogens is 3. The molecule has 0 bridgehead atoms. The van der Waals surface area contributed by atoms with E-state index < -0.39 is 11.7 Å². The zero-order valence-corrected chi connectivity index (χ0v) is 9.27. The number of fused-ring (bicyclic) bond motifs is 1. The van der Waals surface area contributed by atoms with Crippen molar-refractivity contribution in [1.82, 2.24) is 0 Å². The van der Waals surface area contributed by atoms with Gasteiger partial charge in [0.15, 0.2) is 0 Å². The second-order valence-electron chi connectivity index (χ2n) is 4.30. The first kappa shape index (κ1) is 12.0. The standard InChI is InChI=1S/C13H12F3N/c14-13(15,16)12-10(8-17)7-6-9-4-2-1-3-5-11(9)12/h6-7H,1-5H2.